The molecular weight excluding hydrogens is 276 g/mol. The first-order chi connectivity index (χ1) is 10.5. The van der Waals surface area contributed by atoms with E-state index in [0.717, 1.165) is 38.5 Å². The third kappa shape index (κ3) is 2.93. The lowest BCUT2D eigenvalue weighted by molar-refractivity contribution is -0.160. The molecule has 3 rings (SSSR count). The molecular formula is C19H26O3. The Bertz CT molecular complexity index is 517. The topological polar surface area (TPSA) is 38.8 Å². The molecule has 22 heavy (non-hydrogen) atoms. The predicted molar refractivity (Wildman–Crippen MR) is 85.3 cm³/mol. The van der Waals surface area contributed by atoms with Crippen LogP contribution in [0.3, 0.4) is 0 Å². The van der Waals surface area contributed by atoms with Crippen LogP contribution in [-0.2, 0) is 14.3 Å². The van der Waals surface area contributed by atoms with Crippen molar-refractivity contribution in [2.45, 2.75) is 57.2 Å². The lowest BCUT2D eigenvalue weighted by atomic mass is 9.72. The Kier molecular flexibility index (Phi) is 4.29. The van der Waals surface area contributed by atoms with Crippen LogP contribution in [0.5, 0.6) is 0 Å². The largest absolute Gasteiger partial charge is 0.465 e. The van der Waals surface area contributed by atoms with E-state index in [1.807, 2.05) is 6.08 Å². The van der Waals surface area contributed by atoms with E-state index < -0.39 is 0 Å². The second-order valence-electron chi connectivity index (χ2n) is 7.15. The molecule has 2 heterocycles. The van der Waals surface area contributed by atoms with E-state index in [4.69, 9.17) is 9.47 Å². The minimum absolute atomic E-state index is 0.0287. The van der Waals surface area contributed by atoms with Gasteiger partial charge in [0.05, 0.1) is 24.2 Å². The molecule has 0 amide bonds. The molecule has 0 N–H and O–H groups in total. The number of rotatable bonds is 3. The molecule has 3 nitrogen and oxygen atoms in total. The number of esters is 1. The average Bonchev–Trinajstić information content (AvgIpc) is 3.14. The number of carbonyl (C=O) groups is 1. The molecule has 5 atom stereocenters. The summed E-state index contributed by atoms with van der Waals surface area (Å²) in [5.74, 6) is 0.589. The van der Waals surface area contributed by atoms with E-state index in [2.05, 4.69) is 25.8 Å². The van der Waals surface area contributed by atoms with Crippen LogP contribution >= 0.6 is 0 Å². The molecule has 0 unspecified atom stereocenters. The van der Waals surface area contributed by atoms with Gasteiger partial charge in [0.1, 0.15) is 0 Å². The first-order valence-electron chi connectivity index (χ1n) is 8.41. The minimum Gasteiger partial charge on any atom is -0.465 e. The van der Waals surface area contributed by atoms with Gasteiger partial charge in [-0.05, 0) is 57.4 Å². The monoisotopic (exact) mass is 302 g/mol. The summed E-state index contributed by atoms with van der Waals surface area (Å²) in [6.45, 7) is 10.6. The van der Waals surface area contributed by atoms with Crippen molar-refractivity contribution in [3.63, 3.8) is 0 Å². The van der Waals surface area contributed by atoms with Gasteiger partial charge < -0.3 is 9.47 Å². The molecule has 0 aromatic heterocycles. The van der Waals surface area contributed by atoms with Gasteiger partial charge in [0.2, 0.25) is 0 Å². The molecule has 1 saturated carbocycles. The highest BCUT2D eigenvalue weighted by Crippen LogP contribution is 2.49. The highest BCUT2D eigenvalue weighted by Gasteiger charge is 2.53. The molecule has 3 fully saturated rings. The van der Waals surface area contributed by atoms with E-state index in [0.29, 0.717) is 24.5 Å². The van der Waals surface area contributed by atoms with Gasteiger partial charge in [-0.1, -0.05) is 18.7 Å². The molecule has 0 aromatic rings. The summed E-state index contributed by atoms with van der Waals surface area (Å²) in [4.78, 5) is 12.3. The summed E-state index contributed by atoms with van der Waals surface area (Å²) in [5.41, 5.74) is 4.06. The second kappa shape index (κ2) is 6.06. The van der Waals surface area contributed by atoms with Crippen molar-refractivity contribution in [2.75, 3.05) is 6.61 Å². The van der Waals surface area contributed by atoms with Crippen molar-refractivity contribution in [1.29, 1.82) is 0 Å². The van der Waals surface area contributed by atoms with Gasteiger partial charge >= 0.3 is 5.97 Å². The van der Waals surface area contributed by atoms with E-state index in [9.17, 15) is 4.79 Å². The first kappa shape index (κ1) is 15.6. The first-order valence-corrected chi connectivity index (χ1v) is 8.41. The van der Waals surface area contributed by atoms with Crippen LogP contribution in [0, 0.1) is 17.8 Å². The smallest absolute Gasteiger partial charge is 0.309 e. The zero-order valence-electron chi connectivity index (χ0n) is 13.5. The molecule has 0 bridgehead atoms. The van der Waals surface area contributed by atoms with Crippen LogP contribution in [0.25, 0.3) is 0 Å². The Balaban J connectivity index is 1.78. The van der Waals surface area contributed by atoms with Crippen LogP contribution in [0.4, 0.5) is 0 Å². The minimum atomic E-state index is -0.0378. The van der Waals surface area contributed by atoms with Crippen LogP contribution in [0.15, 0.2) is 30.5 Å². The normalized spacial score (nSPS) is 41.0. The molecule has 2 aliphatic heterocycles. The van der Waals surface area contributed by atoms with Crippen molar-refractivity contribution in [1.82, 2.24) is 0 Å². The van der Waals surface area contributed by atoms with Gasteiger partial charge in [0.15, 0.2) is 0 Å². The van der Waals surface area contributed by atoms with Crippen molar-refractivity contribution < 1.29 is 14.3 Å². The summed E-state index contributed by atoms with van der Waals surface area (Å²) in [6.07, 6.45) is 8.02. The van der Waals surface area contributed by atoms with E-state index in [-0.39, 0.29) is 17.5 Å². The summed E-state index contributed by atoms with van der Waals surface area (Å²) in [5, 5.41) is 0. The number of epoxide rings is 1. The summed E-state index contributed by atoms with van der Waals surface area (Å²) >= 11 is 0. The zero-order valence-corrected chi connectivity index (χ0v) is 13.5. The Hall–Kier alpha value is -1.31. The molecule has 0 aromatic carbocycles. The molecule has 0 spiro atoms. The van der Waals surface area contributed by atoms with Gasteiger partial charge in [-0.3, -0.25) is 4.79 Å². The lowest BCUT2D eigenvalue weighted by Crippen LogP contribution is -2.40. The van der Waals surface area contributed by atoms with E-state index >= 15 is 0 Å². The standard InChI is InChI=1S/C19H26O3/c1-4-5-6-7-15-14-10-11-19(3)17(22-19)9-8-13(2)16(14)12-21-18(15)20/h5,14-17H,1-2,6-12H2,3H3/t14-,15+,16+,17+,19+/m1/s1. The molecule has 0 radical (unpaired) electrons. The van der Waals surface area contributed by atoms with Gasteiger partial charge in [0.25, 0.3) is 0 Å². The second-order valence-corrected chi connectivity index (χ2v) is 7.15. The highest BCUT2D eigenvalue weighted by molar-refractivity contribution is 5.73. The van der Waals surface area contributed by atoms with Crippen LogP contribution in [0.2, 0.25) is 0 Å². The van der Waals surface area contributed by atoms with Gasteiger partial charge in [-0.25, -0.2) is 0 Å². The zero-order chi connectivity index (χ0) is 15.7. The third-order valence-electron chi connectivity index (χ3n) is 5.77. The number of hydrogen-bond acceptors (Lipinski definition) is 3. The molecule has 2 saturated heterocycles. The van der Waals surface area contributed by atoms with Crippen molar-refractivity contribution in [3.05, 3.63) is 30.5 Å². The Morgan fingerprint density at radius 2 is 2.27 bits per heavy atom. The van der Waals surface area contributed by atoms with Crippen molar-refractivity contribution in [2.24, 2.45) is 17.8 Å². The maximum atomic E-state index is 12.3. The fourth-order valence-electron chi connectivity index (χ4n) is 4.21. The SMILES string of the molecule is C=C=CCC[C@@H]1C(=O)OC[C@H]2C(=C)CC[C@@H]3O[C@@]3(C)CC[C@H]12. The third-order valence-corrected chi connectivity index (χ3v) is 5.77. The summed E-state index contributed by atoms with van der Waals surface area (Å²) < 4.78 is 11.4. The van der Waals surface area contributed by atoms with E-state index in [1.165, 1.54) is 5.57 Å². The van der Waals surface area contributed by atoms with Crippen LogP contribution in [0.1, 0.15) is 45.4 Å². The van der Waals surface area contributed by atoms with E-state index in [1.54, 1.807) is 0 Å². The molecule has 3 heteroatoms. The quantitative estimate of drug-likeness (QED) is 0.344. The Morgan fingerprint density at radius 3 is 3.05 bits per heavy atom. The average molecular weight is 302 g/mol. The number of hydrogen-bond donors (Lipinski definition) is 0. The fourth-order valence-corrected chi connectivity index (χ4v) is 4.21. The number of fused-ring (bicyclic) bond motifs is 2. The van der Waals surface area contributed by atoms with Crippen molar-refractivity contribution >= 4 is 5.97 Å². The molecule has 120 valence electrons. The number of allylic oxidation sites excluding steroid dienone is 1. The van der Waals surface area contributed by atoms with Gasteiger partial charge in [0, 0.05) is 5.92 Å². The van der Waals surface area contributed by atoms with Crippen LogP contribution < -0.4 is 0 Å². The maximum Gasteiger partial charge on any atom is 0.309 e. The lowest BCUT2D eigenvalue weighted by Gasteiger charge is -2.38. The van der Waals surface area contributed by atoms with Crippen LogP contribution in [-0.4, -0.2) is 24.3 Å². The molecule has 3 aliphatic rings. The predicted octanol–water partition coefficient (Wildman–Crippen LogP) is 3.80. The summed E-state index contributed by atoms with van der Waals surface area (Å²) in [7, 11) is 0. The Morgan fingerprint density at radius 1 is 1.45 bits per heavy atom. The number of carbonyl (C=O) groups excluding carboxylic acids is 1. The molecule has 1 aliphatic carbocycles. The van der Waals surface area contributed by atoms with Crippen molar-refractivity contribution in [3.8, 4) is 0 Å². The highest BCUT2D eigenvalue weighted by atomic mass is 16.6. The number of cyclic esters (lactones) is 1. The summed E-state index contributed by atoms with van der Waals surface area (Å²) in [6, 6.07) is 0. The fraction of sp³-hybridized carbons (Fsp3) is 0.684. The number of ether oxygens (including phenoxy) is 2. The maximum absolute atomic E-state index is 12.3. The Labute approximate surface area is 133 Å². The van der Waals surface area contributed by atoms with Gasteiger partial charge in [-0.15, -0.1) is 5.73 Å². The van der Waals surface area contributed by atoms with Gasteiger partial charge in [-0.2, -0.15) is 0 Å².